The van der Waals surface area contributed by atoms with Gasteiger partial charge in [0, 0.05) is 39.3 Å². The number of thioether (sulfide) groups is 1. The first-order valence-electron chi connectivity index (χ1n) is 8.07. The van der Waals surface area contributed by atoms with Crippen LogP contribution in [0.1, 0.15) is 26.2 Å². The zero-order valence-electron chi connectivity index (χ0n) is 13.7. The molecule has 1 atom stereocenters. The van der Waals surface area contributed by atoms with Gasteiger partial charge in [-0.1, -0.05) is 11.8 Å². The van der Waals surface area contributed by atoms with Crippen molar-refractivity contribution in [3.05, 3.63) is 12.3 Å². The lowest BCUT2D eigenvalue weighted by molar-refractivity contribution is -0.137. The number of carbonyl (C=O) groups excluding carboxylic acids is 1. The van der Waals surface area contributed by atoms with E-state index in [1.807, 2.05) is 12.3 Å². The van der Waals surface area contributed by atoms with E-state index in [-0.39, 0.29) is 11.3 Å². The number of anilines is 1. The fourth-order valence-corrected chi connectivity index (χ4v) is 4.12. The number of carbonyl (C=O) groups is 1. The van der Waals surface area contributed by atoms with Gasteiger partial charge in [-0.15, -0.1) is 0 Å². The molecule has 3 rings (SSSR count). The largest absolute Gasteiger partial charge is 0.391 e. The summed E-state index contributed by atoms with van der Waals surface area (Å²) in [6.07, 6.45) is 6.13. The van der Waals surface area contributed by atoms with E-state index in [2.05, 4.69) is 14.9 Å². The lowest BCUT2D eigenvalue weighted by Crippen LogP contribution is -2.55. The highest BCUT2D eigenvalue weighted by Gasteiger charge is 2.42. The zero-order valence-corrected chi connectivity index (χ0v) is 14.6. The molecule has 0 aromatic carbocycles. The number of aliphatic hydroxyl groups is 1. The van der Waals surface area contributed by atoms with Gasteiger partial charge in [-0.05, 0) is 37.0 Å². The molecule has 6 nitrogen and oxygen atoms in total. The molecule has 2 fully saturated rings. The van der Waals surface area contributed by atoms with Crippen LogP contribution in [0.25, 0.3) is 0 Å². The molecule has 1 N–H and O–H groups in total. The maximum Gasteiger partial charge on any atom is 0.219 e. The summed E-state index contributed by atoms with van der Waals surface area (Å²) in [5.74, 6) is 1.03. The average molecular weight is 336 g/mol. The molecule has 0 saturated carbocycles. The van der Waals surface area contributed by atoms with Crippen LogP contribution in [-0.2, 0) is 4.79 Å². The normalized spacial score (nSPS) is 24.0. The van der Waals surface area contributed by atoms with E-state index in [0.29, 0.717) is 6.54 Å². The molecule has 2 saturated heterocycles. The summed E-state index contributed by atoms with van der Waals surface area (Å²) in [4.78, 5) is 24.6. The first-order chi connectivity index (χ1) is 11.0. The number of aliphatic hydroxyl groups excluding tert-OH is 1. The maximum absolute atomic E-state index is 11.7. The Labute approximate surface area is 141 Å². The Balaban J connectivity index is 1.68. The second-order valence-corrected chi connectivity index (χ2v) is 7.42. The molecular formula is C16H24N4O2S. The minimum Gasteiger partial charge on any atom is -0.391 e. The Hall–Kier alpha value is -1.34. The third-order valence-electron chi connectivity index (χ3n) is 5.02. The van der Waals surface area contributed by atoms with E-state index in [0.717, 1.165) is 49.9 Å². The van der Waals surface area contributed by atoms with Gasteiger partial charge in [-0.3, -0.25) is 4.79 Å². The quantitative estimate of drug-likeness (QED) is 0.650. The number of aromatic nitrogens is 2. The van der Waals surface area contributed by atoms with Gasteiger partial charge in [0.15, 0.2) is 5.16 Å². The molecule has 1 aromatic heterocycles. The summed E-state index contributed by atoms with van der Waals surface area (Å²) >= 11 is 1.55. The minimum absolute atomic E-state index is 0.0508. The summed E-state index contributed by atoms with van der Waals surface area (Å²) in [5.41, 5.74) is 0.0508. The second kappa shape index (κ2) is 6.65. The fourth-order valence-electron chi connectivity index (χ4n) is 3.77. The number of hydrogen-bond acceptors (Lipinski definition) is 6. The van der Waals surface area contributed by atoms with Crippen LogP contribution in [0, 0.1) is 5.41 Å². The predicted octanol–water partition coefficient (Wildman–Crippen LogP) is 1.40. The third kappa shape index (κ3) is 3.61. The van der Waals surface area contributed by atoms with Crippen molar-refractivity contribution in [3.8, 4) is 0 Å². The summed E-state index contributed by atoms with van der Waals surface area (Å²) < 4.78 is 0. The van der Waals surface area contributed by atoms with Crippen molar-refractivity contribution in [1.29, 1.82) is 0 Å². The van der Waals surface area contributed by atoms with E-state index >= 15 is 0 Å². The Morgan fingerprint density at radius 3 is 2.83 bits per heavy atom. The van der Waals surface area contributed by atoms with Crippen LogP contribution >= 0.6 is 11.8 Å². The highest BCUT2D eigenvalue weighted by atomic mass is 32.2. The van der Waals surface area contributed by atoms with Crippen LogP contribution in [0.15, 0.2) is 17.4 Å². The van der Waals surface area contributed by atoms with Gasteiger partial charge in [0.05, 0.1) is 6.10 Å². The van der Waals surface area contributed by atoms with E-state index in [1.165, 1.54) is 0 Å². The molecule has 2 aliphatic rings. The molecule has 0 bridgehead atoms. The van der Waals surface area contributed by atoms with Crippen molar-refractivity contribution in [1.82, 2.24) is 14.9 Å². The van der Waals surface area contributed by atoms with Crippen LogP contribution in [-0.4, -0.2) is 64.4 Å². The Bertz CT molecular complexity index is 575. The SMILES string of the molecule is CSc1nccc(N2CCC3(CC2)CC(O)CN(C(C)=O)C3)n1. The van der Waals surface area contributed by atoms with E-state index in [4.69, 9.17) is 0 Å². The number of nitrogens with zero attached hydrogens (tertiary/aromatic N) is 4. The zero-order chi connectivity index (χ0) is 16.4. The van der Waals surface area contributed by atoms with Crippen molar-refractivity contribution < 1.29 is 9.90 Å². The van der Waals surface area contributed by atoms with Gasteiger partial charge in [-0.25, -0.2) is 9.97 Å². The van der Waals surface area contributed by atoms with Crippen molar-refractivity contribution in [2.24, 2.45) is 5.41 Å². The number of amides is 1. The number of hydrogen-bond donors (Lipinski definition) is 1. The smallest absolute Gasteiger partial charge is 0.219 e. The Morgan fingerprint density at radius 2 is 2.17 bits per heavy atom. The van der Waals surface area contributed by atoms with Gasteiger partial charge < -0.3 is 14.9 Å². The summed E-state index contributed by atoms with van der Waals surface area (Å²) in [7, 11) is 0. The molecule has 0 aliphatic carbocycles. The topological polar surface area (TPSA) is 69.6 Å². The molecule has 2 aliphatic heterocycles. The van der Waals surface area contributed by atoms with Gasteiger partial charge in [0.2, 0.25) is 5.91 Å². The molecule has 1 amide bonds. The van der Waals surface area contributed by atoms with Crippen molar-refractivity contribution in [2.75, 3.05) is 37.3 Å². The number of rotatable bonds is 2. The minimum atomic E-state index is -0.402. The highest BCUT2D eigenvalue weighted by molar-refractivity contribution is 7.98. The fraction of sp³-hybridized carbons (Fsp3) is 0.688. The van der Waals surface area contributed by atoms with Crippen molar-refractivity contribution >= 4 is 23.5 Å². The second-order valence-electron chi connectivity index (χ2n) is 6.65. The van der Waals surface area contributed by atoms with Crippen LogP contribution in [0.3, 0.4) is 0 Å². The van der Waals surface area contributed by atoms with E-state index in [9.17, 15) is 9.90 Å². The van der Waals surface area contributed by atoms with E-state index < -0.39 is 6.10 Å². The molecule has 1 spiro atoms. The molecular weight excluding hydrogens is 312 g/mol. The van der Waals surface area contributed by atoms with Gasteiger partial charge in [0.25, 0.3) is 0 Å². The maximum atomic E-state index is 11.7. The van der Waals surface area contributed by atoms with Crippen LogP contribution in [0.4, 0.5) is 5.82 Å². The summed E-state index contributed by atoms with van der Waals surface area (Å²) in [5, 5.41) is 11.0. The summed E-state index contributed by atoms with van der Waals surface area (Å²) in [6.45, 7) is 4.65. The van der Waals surface area contributed by atoms with Gasteiger partial charge in [-0.2, -0.15) is 0 Å². The Morgan fingerprint density at radius 1 is 1.43 bits per heavy atom. The average Bonchev–Trinajstić information content (AvgIpc) is 2.55. The molecule has 3 heterocycles. The van der Waals surface area contributed by atoms with Gasteiger partial charge in [0.1, 0.15) is 5.82 Å². The van der Waals surface area contributed by atoms with Crippen molar-refractivity contribution in [3.63, 3.8) is 0 Å². The highest BCUT2D eigenvalue weighted by Crippen LogP contribution is 2.40. The lowest BCUT2D eigenvalue weighted by atomic mass is 9.71. The standard InChI is InChI=1S/C16H24N4O2S/c1-12(21)20-10-13(22)9-16(11-20)4-7-19(8-5-16)14-3-6-17-15(18-14)23-2/h3,6,13,22H,4-5,7-11H2,1-2H3. The third-order valence-corrected chi connectivity index (χ3v) is 5.58. The lowest BCUT2D eigenvalue weighted by Gasteiger charge is -2.49. The van der Waals surface area contributed by atoms with E-state index in [1.54, 1.807) is 29.8 Å². The first kappa shape index (κ1) is 16.5. The molecule has 23 heavy (non-hydrogen) atoms. The molecule has 0 radical (unpaired) electrons. The first-order valence-corrected chi connectivity index (χ1v) is 9.29. The monoisotopic (exact) mass is 336 g/mol. The van der Waals surface area contributed by atoms with Crippen molar-refractivity contribution in [2.45, 2.75) is 37.4 Å². The van der Waals surface area contributed by atoms with Crippen LogP contribution < -0.4 is 4.90 Å². The Kier molecular flexibility index (Phi) is 4.77. The van der Waals surface area contributed by atoms with Crippen LogP contribution in [0.2, 0.25) is 0 Å². The number of likely N-dealkylation sites (tertiary alicyclic amines) is 1. The molecule has 1 aromatic rings. The molecule has 1 unspecified atom stereocenters. The predicted molar refractivity (Wildman–Crippen MR) is 90.6 cm³/mol. The summed E-state index contributed by atoms with van der Waals surface area (Å²) in [6, 6.07) is 1.95. The number of piperidine rings is 2. The number of β-amino-alcohol motifs (C(OH)–C–C–N with tert-alkyl or cyclic N) is 1. The molecule has 7 heteroatoms. The van der Waals surface area contributed by atoms with Gasteiger partial charge >= 0.3 is 0 Å². The molecule has 126 valence electrons. The van der Waals surface area contributed by atoms with Crippen LogP contribution in [0.5, 0.6) is 0 Å².